The molecule has 8 atom stereocenters. The molecule has 7 nitrogen and oxygen atoms in total. The zero-order chi connectivity index (χ0) is 18.9. The molecule has 2 bridgehead atoms. The molecule has 0 spiro atoms. The summed E-state index contributed by atoms with van der Waals surface area (Å²) in [6.07, 6.45) is 2.92. The number of hydrogen-bond donors (Lipinski definition) is 4. The largest absolute Gasteiger partial charge is 0.465 e. The molecule has 27 heavy (non-hydrogen) atoms. The zero-order valence-corrected chi connectivity index (χ0v) is 16.0. The van der Waals surface area contributed by atoms with Gasteiger partial charge in [-0.05, 0) is 50.4 Å². The summed E-state index contributed by atoms with van der Waals surface area (Å²) in [7, 11) is 0. The van der Waals surface area contributed by atoms with E-state index in [-0.39, 0.29) is 35.9 Å². The number of carbonyl (C=O) groups excluding carboxylic acids is 1. The fraction of sp³-hybridized carbons (Fsp3) is 0.850. The zero-order valence-electron chi connectivity index (χ0n) is 16.0. The third-order valence-corrected chi connectivity index (χ3v) is 8.21. The summed E-state index contributed by atoms with van der Waals surface area (Å²) in [6.45, 7) is 3.74. The molecule has 4 rings (SSSR count). The van der Waals surface area contributed by atoms with Gasteiger partial charge in [0, 0.05) is 11.3 Å². The molecule has 154 valence electrons. The molecule has 4 aliphatic rings. The quantitative estimate of drug-likeness (QED) is 0.389. The predicted molar refractivity (Wildman–Crippen MR) is 96.5 cm³/mol. The van der Waals surface area contributed by atoms with Crippen LogP contribution in [0.1, 0.15) is 46.0 Å². The van der Waals surface area contributed by atoms with Crippen molar-refractivity contribution in [2.24, 2.45) is 28.1 Å². The van der Waals surface area contributed by atoms with Crippen molar-refractivity contribution in [2.75, 3.05) is 13.2 Å². The topological polar surface area (TPSA) is 139 Å². The molecule has 0 aromatic heterocycles. The number of cyclic esters (lactones) is 1. The van der Waals surface area contributed by atoms with Crippen LogP contribution >= 0.6 is 0 Å². The van der Waals surface area contributed by atoms with E-state index >= 15 is 0 Å². The number of esters is 1. The van der Waals surface area contributed by atoms with E-state index in [1.807, 2.05) is 13.0 Å². The lowest BCUT2D eigenvalue weighted by atomic mass is 9.42. The number of fused-ring (bicyclic) bond motifs is 1. The molecule has 0 amide bonds. The normalized spacial score (nSPS) is 49.7. The minimum absolute atomic E-state index is 0. The minimum atomic E-state index is -1.08. The van der Waals surface area contributed by atoms with Gasteiger partial charge in [-0.25, -0.2) is 0 Å². The molecule has 1 heterocycles. The van der Waals surface area contributed by atoms with Crippen molar-refractivity contribution in [1.82, 2.24) is 0 Å². The van der Waals surface area contributed by atoms with Crippen LogP contribution in [0, 0.1) is 28.1 Å². The van der Waals surface area contributed by atoms with E-state index in [0.29, 0.717) is 12.8 Å². The van der Waals surface area contributed by atoms with Gasteiger partial charge in [0.05, 0.1) is 36.9 Å². The van der Waals surface area contributed by atoms with Crippen molar-refractivity contribution in [1.29, 1.82) is 0 Å². The second kappa shape index (κ2) is 6.52. The first-order valence-corrected chi connectivity index (χ1v) is 9.72. The summed E-state index contributed by atoms with van der Waals surface area (Å²) in [5.74, 6) is -0.576. The number of carbonyl (C=O) groups is 1. The molecular weight excluding hydrogens is 352 g/mol. The smallest absolute Gasteiger partial charge is 0.314 e. The molecule has 7 heteroatoms. The number of rotatable bonds is 2. The van der Waals surface area contributed by atoms with Crippen LogP contribution in [0.5, 0.6) is 0 Å². The Morgan fingerprint density at radius 2 is 1.96 bits per heavy atom. The van der Waals surface area contributed by atoms with Gasteiger partial charge >= 0.3 is 5.97 Å². The SMILES string of the molecule is C[C@@]1([C@@H](O)CO)CC[C@@H]2C(=C[C@@H](O)[C@@H]3[C@]24CC[C@H](O)[C@]3(C)C(=O)OC4)C1.O. The Morgan fingerprint density at radius 1 is 1.26 bits per heavy atom. The van der Waals surface area contributed by atoms with E-state index in [9.17, 15) is 25.2 Å². The first-order chi connectivity index (χ1) is 12.2. The van der Waals surface area contributed by atoms with E-state index < -0.39 is 35.1 Å². The van der Waals surface area contributed by atoms with E-state index in [0.717, 1.165) is 24.8 Å². The highest BCUT2D eigenvalue weighted by Gasteiger charge is 2.69. The molecule has 1 aliphatic heterocycles. The van der Waals surface area contributed by atoms with Crippen molar-refractivity contribution in [2.45, 2.75) is 64.3 Å². The Hall–Kier alpha value is -0.990. The molecular formula is C20H32O7. The Balaban J connectivity index is 0.00000210. The van der Waals surface area contributed by atoms with Crippen molar-refractivity contribution in [3.8, 4) is 0 Å². The number of allylic oxidation sites excluding steroid dienone is 1. The number of ether oxygens (including phenoxy) is 1. The van der Waals surface area contributed by atoms with Gasteiger partial charge in [0.25, 0.3) is 0 Å². The fourth-order valence-corrected chi connectivity index (χ4v) is 6.62. The van der Waals surface area contributed by atoms with Crippen LogP contribution in [0.2, 0.25) is 0 Å². The van der Waals surface area contributed by atoms with E-state index in [2.05, 4.69) is 0 Å². The molecule has 3 aliphatic carbocycles. The minimum Gasteiger partial charge on any atom is -0.465 e. The lowest BCUT2D eigenvalue weighted by Crippen LogP contribution is -2.69. The summed E-state index contributed by atoms with van der Waals surface area (Å²) in [6, 6.07) is 0. The van der Waals surface area contributed by atoms with Crippen LogP contribution in [0.25, 0.3) is 0 Å². The van der Waals surface area contributed by atoms with Crippen molar-refractivity contribution in [3.05, 3.63) is 11.6 Å². The Morgan fingerprint density at radius 3 is 2.63 bits per heavy atom. The van der Waals surface area contributed by atoms with Crippen molar-refractivity contribution >= 4 is 5.97 Å². The van der Waals surface area contributed by atoms with Crippen LogP contribution in [0.4, 0.5) is 0 Å². The van der Waals surface area contributed by atoms with Gasteiger partial charge in [-0.2, -0.15) is 0 Å². The Labute approximate surface area is 159 Å². The first kappa shape index (κ1) is 20.7. The molecule has 0 unspecified atom stereocenters. The number of hydrogen-bond acceptors (Lipinski definition) is 6. The van der Waals surface area contributed by atoms with Crippen LogP contribution in [0.3, 0.4) is 0 Å². The number of aliphatic hydroxyl groups excluding tert-OH is 4. The monoisotopic (exact) mass is 384 g/mol. The summed E-state index contributed by atoms with van der Waals surface area (Å²) < 4.78 is 5.57. The third-order valence-electron chi connectivity index (χ3n) is 8.21. The second-order valence-electron chi connectivity index (χ2n) is 9.48. The lowest BCUT2D eigenvalue weighted by Gasteiger charge is -2.64. The molecule has 3 fully saturated rings. The summed E-state index contributed by atoms with van der Waals surface area (Å²) >= 11 is 0. The maximum Gasteiger partial charge on any atom is 0.314 e. The number of aliphatic hydroxyl groups is 4. The highest BCUT2D eigenvalue weighted by atomic mass is 16.5. The van der Waals surface area contributed by atoms with E-state index in [1.54, 1.807) is 6.92 Å². The maximum absolute atomic E-state index is 12.6. The van der Waals surface area contributed by atoms with Gasteiger partial charge in [0.2, 0.25) is 0 Å². The van der Waals surface area contributed by atoms with Gasteiger partial charge in [-0.1, -0.05) is 18.6 Å². The van der Waals surface area contributed by atoms with Crippen LogP contribution in [0.15, 0.2) is 11.6 Å². The van der Waals surface area contributed by atoms with Crippen LogP contribution in [-0.2, 0) is 9.53 Å². The summed E-state index contributed by atoms with van der Waals surface area (Å²) in [5.41, 5.74) is -0.741. The van der Waals surface area contributed by atoms with Crippen LogP contribution in [-0.4, -0.2) is 63.4 Å². The van der Waals surface area contributed by atoms with Crippen LogP contribution < -0.4 is 0 Å². The standard InChI is InChI=1S/C20H30O6.H2O/c1-18(15(24)9-21)5-3-12-11(8-18)7-13(22)16-19(2)14(23)4-6-20(12,16)10-26-17(19)25;/h7,12-16,21-24H,3-6,8-10H2,1-2H3;1H2/t12-,13-,14+,15+,16+,18-,19+,20+;/m1./s1. The molecule has 0 aromatic rings. The predicted octanol–water partition coefficient (Wildman–Crippen LogP) is -0.0574. The molecule has 6 N–H and O–H groups in total. The van der Waals surface area contributed by atoms with E-state index in [4.69, 9.17) is 4.74 Å². The van der Waals surface area contributed by atoms with Crippen molar-refractivity contribution in [3.63, 3.8) is 0 Å². The molecule has 1 saturated heterocycles. The average Bonchev–Trinajstić information content (AvgIpc) is 2.61. The maximum atomic E-state index is 12.6. The average molecular weight is 384 g/mol. The van der Waals surface area contributed by atoms with Gasteiger partial charge < -0.3 is 30.6 Å². The Bertz CT molecular complexity index is 648. The lowest BCUT2D eigenvalue weighted by molar-refractivity contribution is -0.241. The Kier molecular flexibility index (Phi) is 5.01. The summed E-state index contributed by atoms with van der Waals surface area (Å²) in [4.78, 5) is 12.6. The highest BCUT2D eigenvalue weighted by Crippen LogP contribution is 2.66. The van der Waals surface area contributed by atoms with Gasteiger partial charge in [0.1, 0.15) is 0 Å². The third kappa shape index (κ3) is 2.55. The van der Waals surface area contributed by atoms with Crippen molar-refractivity contribution < 1.29 is 35.4 Å². The van der Waals surface area contributed by atoms with Gasteiger partial charge in [0.15, 0.2) is 0 Å². The molecule has 0 radical (unpaired) electrons. The molecule has 0 aromatic carbocycles. The highest BCUT2D eigenvalue weighted by molar-refractivity contribution is 5.79. The fourth-order valence-electron chi connectivity index (χ4n) is 6.62. The summed E-state index contributed by atoms with van der Waals surface area (Å²) in [5, 5.41) is 41.3. The van der Waals surface area contributed by atoms with Gasteiger partial charge in [-0.15, -0.1) is 0 Å². The first-order valence-electron chi connectivity index (χ1n) is 9.72. The van der Waals surface area contributed by atoms with E-state index in [1.165, 1.54) is 0 Å². The second-order valence-corrected chi connectivity index (χ2v) is 9.48. The van der Waals surface area contributed by atoms with Gasteiger partial charge in [-0.3, -0.25) is 4.79 Å². The molecule has 2 saturated carbocycles.